The Hall–Kier alpha value is -2.20. The highest BCUT2D eigenvalue weighted by atomic mass is 16.4. The lowest BCUT2D eigenvalue weighted by Gasteiger charge is -2.29. The molecule has 0 aliphatic carbocycles. The van der Waals surface area contributed by atoms with Gasteiger partial charge in [-0.1, -0.05) is 54.4 Å². The molecule has 10 heteroatoms. The van der Waals surface area contributed by atoms with Gasteiger partial charge in [0.15, 0.2) is 0 Å². The summed E-state index contributed by atoms with van der Waals surface area (Å²) in [5, 5.41) is 25.6. The van der Waals surface area contributed by atoms with Gasteiger partial charge in [0.25, 0.3) is 0 Å². The van der Waals surface area contributed by atoms with E-state index >= 15 is 0 Å². The van der Waals surface area contributed by atoms with Gasteiger partial charge in [-0.15, -0.1) is 0 Å². The number of carboxylic acid groups (broad SMARTS) is 1. The lowest BCUT2D eigenvalue weighted by Crippen LogP contribution is -2.60. The maximum absolute atomic E-state index is 12.9. The predicted molar refractivity (Wildman–Crippen MR) is 112 cm³/mol. The molecule has 0 heterocycles. The third-order valence-electron chi connectivity index (χ3n) is 5.40. The largest absolute Gasteiger partial charge is 0.480 e. The summed E-state index contributed by atoms with van der Waals surface area (Å²) in [7, 11) is 0. The average molecular weight is 431 g/mol. The Balaban J connectivity index is 5.44. The summed E-state index contributed by atoms with van der Waals surface area (Å²) in [6, 6.07) is -4.19. The maximum Gasteiger partial charge on any atom is 0.328 e. The van der Waals surface area contributed by atoms with Gasteiger partial charge in [-0.3, -0.25) is 14.4 Å². The second kappa shape index (κ2) is 13.2. The Bertz CT molecular complexity index is 598. The van der Waals surface area contributed by atoms with Crippen LogP contribution in [0.2, 0.25) is 0 Å². The highest BCUT2D eigenvalue weighted by Gasteiger charge is 2.34. The molecular formula is C20H38N4O6. The van der Waals surface area contributed by atoms with Crippen LogP contribution in [0, 0.1) is 17.8 Å². The van der Waals surface area contributed by atoms with E-state index in [1.165, 1.54) is 0 Å². The van der Waals surface area contributed by atoms with Crippen LogP contribution < -0.4 is 21.7 Å². The quantitative estimate of drug-likeness (QED) is 0.231. The normalized spacial score (nSPS) is 17.2. The van der Waals surface area contributed by atoms with Crippen molar-refractivity contribution in [3.8, 4) is 0 Å². The fourth-order valence-corrected chi connectivity index (χ4v) is 2.69. The Morgan fingerprint density at radius 3 is 1.67 bits per heavy atom. The summed E-state index contributed by atoms with van der Waals surface area (Å²) in [6.45, 7) is 10.0. The van der Waals surface area contributed by atoms with E-state index in [1.54, 1.807) is 20.8 Å². The van der Waals surface area contributed by atoms with Gasteiger partial charge in [0.2, 0.25) is 17.7 Å². The van der Waals surface area contributed by atoms with Crippen molar-refractivity contribution < 1.29 is 29.4 Å². The molecule has 0 aromatic heterocycles. The zero-order chi connectivity index (χ0) is 23.6. The first-order chi connectivity index (χ1) is 13.9. The average Bonchev–Trinajstić information content (AvgIpc) is 2.70. The summed E-state index contributed by atoms with van der Waals surface area (Å²) in [5.74, 6) is -3.77. The summed E-state index contributed by atoms with van der Waals surface area (Å²) >= 11 is 0. The van der Waals surface area contributed by atoms with Gasteiger partial charge in [-0.2, -0.15) is 0 Å². The van der Waals surface area contributed by atoms with Crippen LogP contribution in [0.4, 0.5) is 0 Å². The first kappa shape index (κ1) is 27.8. The van der Waals surface area contributed by atoms with Crippen molar-refractivity contribution in [1.82, 2.24) is 16.0 Å². The smallest absolute Gasteiger partial charge is 0.328 e. The molecule has 0 aromatic rings. The van der Waals surface area contributed by atoms with Crippen molar-refractivity contribution in [2.75, 3.05) is 6.61 Å². The number of carbonyl (C=O) groups excluding carboxylic acids is 3. The van der Waals surface area contributed by atoms with Gasteiger partial charge in [0.05, 0.1) is 12.6 Å². The summed E-state index contributed by atoms with van der Waals surface area (Å²) in [5.41, 5.74) is 5.97. The number of nitrogens with two attached hydrogens (primary N) is 1. The molecule has 0 aliphatic rings. The van der Waals surface area contributed by atoms with Gasteiger partial charge in [0.1, 0.15) is 18.1 Å². The van der Waals surface area contributed by atoms with Crippen molar-refractivity contribution >= 4 is 23.7 Å². The van der Waals surface area contributed by atoms with Crippen LogP contribution in [0.25, 0.3) is 0 Å². The van der Waals surface area contributed by atoms with Gasteiger partial charge in [-0.05, 0) is 17.8 Å². The predicted octanol–water partition coefficient (Wildman–Crippen LogP) is -0.407. The van der Waals surface area contributed by atoms with Crippen molar-refractivity contribution in [3.05, 3.63) is 0 Å². The van der Waals surface area contributed by atoms with Crippen LogP contribution in [-0.4, -0.2) is 64.7 Å². The molecule has 174 valence electrons. The number of carbonyl (C=O) groups is 4. The van der Waals surface area contributed by atoms with E-state index in [4.69, 9.17) is 15.9 Å². The molecule has 7 N–H and O–H groups in total. The van der Waals surface area contributed by atoms with E-state index in [2.05, 4.69) is 16.0 Å². The molecule has 10 nitrogen and oxygen atoms in total. The molecule has 6 unspecified atom stereocenters. The van der Waals surface area contributed by atoms with Crippen LogP contribution >= 0.6 is 0 Å². The second-order valence-electron chi connectivity index (χ2n) is 8.10. The van der Waals surface area contributed by atoms with E-state index < -0.39 is 54.5 Å². The summed E-state index contributed by atoms with van der Waals surface area (Å²) in [6.07, 6.45) is 1.31. The standard InChI is InChI=1S/C20H38N4O6/c1-7-11(5)14(21)17(26)24-16(12(6)8-2)19(28)23-15(10(3)4)18(27)22-13(9-25)20(29)30/h10-16,25H,7-9,21H2,1-6H3,(H,22,27)(H,23,28)(H,24,26)(H,29,30). The molecule has 0 aliphatic heterocycles. The number of carboxylic acids is 1. The molecule has 6 atom stereocenters. The van der Waals surface area contributed by atoms with Crippen molar-refractivity contribution in [2.24, 2.45) is 23.5 Å². The van der Waals surface area contributed by atoms with E-state index in [9.17, 15) is 19.2 Å². The molecule has 0 spiro atoms. The van der Waals surface area contributed by atoms with Crippen molar-refractivity contribution in [1.29, 1.82) is 0 Å². The number of aliphatic carboxylic acids is 1. The van der Waals surface area contributed by atoms with E-state index in [-0.39, 0.29) is 17.8 Å². The van der Waals surface area contributed by atoms with Crippen LogP contribution in [0.3, 0.4) is 0 Å². The van der Waals surface area contributed by atoms with Crippen LogP contribution in [-0.2, 0) is 19.2 Å². The minimum atomic E-state index is -1.48. The molecule has 0 saturated heterocycles. The molecule has 30 heavy (non-hydrogen) atoms. The van der Waals surface area contributed by atoms with E-state index in [0.29, 0.717) is 12.8 Å². The number of aliphatic hydroxyl groups excluding tert-OH is 1. The monoisotopic (exact) mass is 430 g/mol. The molecular weight excluding hydrogens is 392 g/mol. The number of rotatable bonds is 13. The highest BCUT2D eigenvalue weighted by Crippen LogP contribution is 2.12. The molecule has 0 fully saturated rings. The van der Waals surface area contributed by atoms with Gasteiger partial charge in [-0.25, -0.2) is 4.79 Å². The molecule has 0 bridgehead atoms. The zero-order valence-corrected chi connectivity index (χ0v) is 18.8. The molecule has 0 radical (unpaired) electrons. The minimum Gasteiger partial charge on any atom is -0.480 e. The molecule has 0 rings (SSSR count). The number of amides is 3. The van der Waals surface area contributed by atoms with Crippen molar-refractivity contribution in [3.63, 3.8) is 0 Å². The molecule has 0 aromatic carbocycles. The van der Waals surface area contributed by atoms with Crippen molar-refractivity contribution in [2.45, 2.75) is 78.6 Å². The SMILES string of the molecule is CCC(C)C(N)C(=O)NC(C(=O)NC(C(=O)NC(CO)C(=O)O)C(C)C)C(C)CC. The maximum atomic E-state index is 12.9. The summed E-state index contributed by atoms with van der Waals surface area (Å²) < 4.78 is 0. The Labute approximate surface area is 178 Å². The van der Waals surface area contributed by atoms with Crippen LogP contribution in [0.15, 0.2) is 0 Å². The van der Waals surface area contributed by atoms with Gasteiger partial charge in [0, 0.05) is 0 Å². The van der Waals surface area contributed by atoms with Gasteiger partial charge < -0.3 is 31.9 Å². The number of nitrogens with one attached hydrogen (secondary N) is 3. The van der Waals surface area contributed by atoms with Gasteiger partial charge >= 0.3 is 5.97 Å². The van der Waals surface area contributed by atoms with Crippen LogP contribution in [0.1, 0.15) is 54.4 Å². The molecule has 3 amide bonds. The number of aliphatic hydroxyl groups is 1. The van der Waals surface area contributed by atoms with E-state index in [0.717, 1.165) is 0 Å². The number of hydrogen-bond donors (Lipinski definition) is 6. The Morgan fingerprint density at radius 2 is 1.27 bits per heavy atom. The minimum absolute atomic E-state index is 0.0636. The summed E-state index contributed by atoms with van der Waals surface area (Å²) in [4.78, 5) is 49.0. The fourth-order valence-electron chi connectivity index (χ4n) is 2.69. The number of hydrogen-bond acceptors (Lipinski definition) is 6. The highest BCUT2D eigenvalue weighted by molar-refractivity contribution is 5.94. The molecule has 0 saturated carbocycles. The zero-order valence-electron chi connectivity index (χ0n) is 18.8. The van der Waals surface area contributed by atoms with E-state index in [1.807, 2.05) is 20.8 Å². The lowest BCUT2D eigenvalue weighted by atomic mass is 9.94. The van der Waals surface area contributed by atoms with Crippen LogP contribution in [0.5, 0.6) is 0 Å². The third kappa shape index (κ3) is 8.27. The Kier molecular flexibility index (Phi) is 12.2. The topological polar surface area (TPSA) is 171 Å². The Morgan fingerprint density at radius 1 is 0.800 bits per heavy atom. The lowest BCUT2D eigenvalue weighted by molar-refractivity contribution is -0.143. The third-order valence-corrected chi connectivity index (χ3v) is 5.40. The fraction of sp³-hybridized carbons (Fsp3) is 0.800. The first-order valence-corrected chi connectivity index (χ1v) is 10.4. The second-order valence-corrected chi connectivity index (χ2v) is 8.10. The first-order valence-electron chi connectivity index (χ1n) is 10.4.